The molecule has 0 bridgehead atoms. The molecule has 0 aromatic rings. The Hall–Kier alpha value is -0.610. The Bertz CT molecular complexity index is 292. The normalized spacial score (nSPS) is 21.5. The highest BCUT2D eigenvalue weighted by Gasteiger charge is 2.21. The summed E-state index contributed by atoms with van der Waals surface area (Å²) in [6, 6.07) is 0.300. The zero-order valence-electron chi connectivity index (χ0n) is 14.5. The molecule has 1 fully saturated rings. The zero-order chi connectivity index (χ0) is 15.7. The van der Waals surface area contributed by atoms with E-state index in [1.165, 1.54) is 25.7 Å². The van der Waals surface area contributed by atoms with E-state index in [0.29, 0.717) is 18.5 Å². The Morgan fingerprint density at radius 2 is 2.05 bits per heavy atom. The summed E-state index contributed by atoms with van der Waals surface area (Å²) in [6.45, 7) is 10.4. The van der Waals surface area contributed by atoms with Crippen LogP contribution in [0.25, 0.3) is 0 Å². The number of nitrogens with one attached hydrogen (secondary N) is 2. The second kappa shape index (κ2) is 10.2. The van der Waals surface area contributed by atoms with Crippen molar-refractivity contribution in [3.8, 4) is 0 Å². The van der Waals surface area contributed by atoms with Gasteiger partial charge in [0.2, 0.25) is 5.91 Å². The molecule has 0 aromatic carbocycles. The number of carbonyl (C=O) groups is 1. The van der Waals surface area contributed by atoms with Gasteiger partial charge in [-0.05, 0) is 58.2 Å². The van der Waals surface area contributed by atoms with Crippen molar-refractivity contribution in [3.05, 3.63) is 0 Å². The van der Waals surface area contributed by atoms with Crippen molar-refractivity contribution in [1.29, 1.82) is 0 Å². The Morgan fingerprint density at radius 3 is 2.71 bits per heavy atom. The summed E-state index contributed by atoms with van der Waals surface area (Å²) in [5, 5.41) is 6.40. The summed E-state index contributed by atoms with van der Waals surface area (Å²) < 4.78 is 0. The van der Waals surface area contributed by atoms with E-state index >= 15 is 0 Å². The number of hydrogen-bond acceptors (Lipinski definition) is 3. The van der Waals surface area contributed by atoms with E-state index in [1.54, 1.807) is 0 Å². The predicted molar refractivity (Wildman–Crippen MR) is 89.4 cm³/mol. The number of likely N-dealkylation sites (tertiary alicyclic amines) is 1. The minimum atomic E-state index is 0.192. The van der Waals surface area contributed by atoms with E-state index in [9.17, 15) is 4.79 Å². The standard InChI is InChI=1S/C17H35N3O/c1-14(2)7-5-8-15(3)19-17(21)13-20-10-6-9-16(12-20)11-18-4/h14-16,18H,5-13H2,1-4H3,(H,19,21). The molecule has 1 amide bonds. The van der Waals surface area contributed by atoms with Crippen molar-refractivity contribution >= 4 is 5.91 Å². The third-order valence-corrected chi connectivity index (χ3v) is 4.29. The van der Waals surface area contributed by atoms with Gasteiger partial charge in [-0.1, -0.05) is 26.7 Å². The van der Waals surface area contributed by atoms with Crippen LogP contribution >= 0.6 is 0 Å². The van der Waals surface area contributed by atoms with E-state index in [4.69, 9.17) is 0 Å². The average Bonchev–Trinajstić information content (AvgIpc) is 2.38. The maximum absolute atomic E-state index is 12.1. The molecule has 1 heterocycles. The largest absolute Gasteiger partial charge is 0.353 e. The maximum Gasteiger partial charge on any atom is 0.234 e. The SMILES string of the molecule is CNCC1CCCN(CC(=O)NC(C)CCCC(C)C)C1. The molecule has 1 rings (SSSR count). The summed E-state index contributed by atoms with van der Waals surface area (Å²) >= 11 is 0. The number of rotatable bonds is 9. The van der Waals surface area contributed by atoms with Gasteiger partial charge in [0.1, 0.15) is 0 Å². The van der Waals surface area contributed by atoms with Crippen LogP contribution < -0.4 is 10.6 Å². The summed E-state index contributed by atoms with van der Waals surface area (Å²) in [7, 11) is 2.00. The van der Waals surface area contributed by atoms with Gasteiger partial charge < -0.3 is 10.6 Å². The summed E-state index contributed by atoms with van der Waals surface area (Å²) in [5.74, 6) is 1.64. The fourth-order valence-electron chi connectivity index (χ4n) is 3.18. The maximum atomic E-state index is 12.1. The lowest BCUT2D eigenvalue weighted by Gasteiger charge is -2.32. The lowest BCUT2D eigenvalue weighted by atomic mass is 9.98. The van der Waals surface area contributed by atoms with Crippen LogP contribution in [0.15, 0.2) is 0 Å². The molecule has 0 radical (unpaired) electrons. The van der Waals surface area contributed by atoms with Crippen molar-refractivity contribution in [3.63, 3.8) is 0 Å². The first-order valence-corrected chi connectivity index (χ1v) is 8.67. The highest BCUT2D eigenvalue weighted by molar-refractivity contribution is 5.78. The Kier molecular flexibility index (Phi) is 8.93. The van der Waals surface area contributed by atoms with Crippen LogP contribution in [0, 0.1) is 11.8 Å². The van der Waals surface area contributed by atoms with Gasteiger partial charge in [-0.25, -0.2) is 0 Å². The second-order valence-corrected chi connectivity index (χ2v) is 7.09. The van der Waals surface area contributed by atoms with E-state index < -0.39 is 0 Å². The van der Waals surface area contributed by atoms with Gasteiger partial charge in [0, 0.05) is 12.6 Å². The molecule has 0 saturated carbocycles. The molecular formula is C17H35N3O. The molecule has 4 nitrogen and oxygen atoms in total. The fourth-order valence-corrected chi connectivity index (χ4v) is 3.18. The minimum Gasteiger partial charge on any atom is -0.353 e. The monoisotopic (exact) mass is 297 g/mol. The van der Waals surface area contributed by atoms with E-state index in [2.05, 4.69) is 36.3 Å². The summed E-state index contributed by atoms with van der Waals surface area (Å²) in [4.78, 5) is 14.4. The number of nitrogens with zero attached hydrogens (tertiary/aromatic N) is 1. The number of piperidine rings is 1. The first-order valence-electron chi connectivity index (χ1n) is 8.67. The molecule has 2 atom stereocenters. The van der Waals surface area contributed by atoms with E-state index in [-0.39, 0.29) is 5.91 Å². The van der Waals surface area contributed by atoms with Crippen molar-refractivity contribution in [2.24, 2.45) is 11.8 Å². The third kappa shape index (κ3) is 8.42. The molecular weight excluding hydrogens is 262 g/mol. The molecule has 0 aliphatic carbocycles. The van der Waals surface area contributed by atoms with Crippen LogP contribution in [0.4, 0.5) is 0 Å². The average molecular weight is 297 g/mol. The van der Waals surface area contributed by atoms with Gasteiger partial charge in [-0.2, -0.15) is 0 Å². The molecule has 0 spiro atoms. The van der Waals surface area contributed by atoms with Crippen molar-refractivity contribution in [2.45, 2.75) is 58.9 Å². The van der Waals surface area contributed by atoms with Gasteiger partial charge in [0.05, 0.1) is 6.54 Å². The number of carbonyl (C=O) groups excluding carboxylic acids is 1. The third-order valence-electron chi connectivity index (χ3n) is 4.29. The summed E-state index contributed by atoms with van der Waals surface area (Å²) in [6.07, 6.45) is 6.03. The molecule has 4 heteroatoms. The van der Waals surface area contributed by atoms with Gasteiger partial charge in [0.25, 0.3) is 0 Å². The molecule has 1 aliphatic heterocycles. The van der Waals surface area contributed by atoms with E-state index in [0.717, 1.165) is 32.0 Å². The van der Waals surface area contributed by atoms with Crippen LogP contribution in [0.5, 0.6) is 0 Å². The van der Waals surface area contributed by atoms with Crippen LogP contribution in [-0.2, 0) is 4.79 Å². The quantitative estimate of drug-likeness (QED) is 0.686. The number of hydrogen-bond donors (Lipinski definition) is 2. The van der Waals surface area contributed by atoms with Crippen LogP contribution in [0.1, 0.15) is 52.9 Å². The smallest absolute Gasteiger partial charge is 0.234 e. The topological polar surface area (TPSA) is 44.4 Å². The molecule has 21 heavy (non-hydrogen) atoms. The van der Waals surface area contributed by atoms with Crippen LogP contribution in [0.3, 0.4) is 0 Å². The minimum absolute atomic E-state index is 0.192. The van der Waals surface area contributed by atoms with Crippen molar-refractivity contribution < 1.29 is 4.79 Å². The van der Waals surface area contributed by atoms with E-state index in [1.807, 2.05) is 7.05 Å². The molecule has 2 unspecified atom stereocenters. The van der Waals surface area contributed by atoms with Gasteiger partial charge in [-0.15, -0.1) is 0 Å². The first-order chi connectivity index (χ1) is 10.0. The molecule has 2 N–H and O–H groups in total. The summed E-state index contributed by atoms with van der Waals surface area (Å²) in [5.41, 5.74) is 0. The molecule has 1 aliphatic rings. The fraction of sp³-hybridized carbons (Fsp3) is 0.941. The Morgan fingerprint density at radius 1 is 1.29 bits per heavy atom. The highest BCUT2D eigenvalue weighted by atomic mass is 16.2. The lowest BCUT2D eigenvalue weighted by Crippen LogP contribution is -2.46. The van der Waals surface area contributed by atoms with Crippen molar-refractivity contribution in [1.82, 2.24) is 15.5 Å². The predicted octanol–water partition coefficient (Wildman–Crippen LogP) is 2.25. The van der Waals surface area contributed by atoms with Crippen LogP contribution in [-0.4, -0.2) is 50.1 Å². The highest BCUT2D eigenvalue weighted by Crippen LogP contribution is 2.15. The van der Waals surface area contributed by atoms with Gasteiger partial charge in [-0.3, -0.25) is 9.69 Å². The first kappa shape index (κ1) is 18.4. The van der Waals surface area contributed by atoms with Crippen LogP contribution in [0.2, 0.25) is 0 Å². The number of amides is 1. The molecule has 0 aromatic heterocycles. The molecule has 1 saturated heterocycles. The Balaban J connectivity index is 2.20. The zero-order valence-corrected chi connectivity index (χ0v) is 14.5. The second-order valence-electron chi connectivity index (χ2n) is 7.09. The Labute approximate surface area is 131 Å². The lowest BCUT2D eigenvalue weighted by molar-refractivity contribution is -0.123. The van der Waals surface area contributed by atoms with Gasteiger partial charge >= 0.3 is 0 Å². The van der Waals surface area contributed by atoms with Crippen molar-refractivity contribution in [2.75, 3.05) is 33.2 Å². The van der Waals surface area contributed by atoms with Gasteiger partial charge in [0.15, 0.2) is 0 Å². The molecule has 124 valence electrons.